The van der Waals surface area contributed by atoms with E-state index < -0.39 is 4.92 Å². The minimum absolute atomic E-state index is 0.0109. The molecule has 1 unspecified atom stereocenters. The zero-order chi connectivity index (χ0) is 19.0. The number of nitro groups is 1. The molecule has 0 N–H and O–H groups in total. The van der Waals surface area contributed by atoms with Gasteiger partial charge < -0.3 is 14.4 Å². The molecule has 2 aromatic carbocycles. The highest BCUT2D eigenvalue weighted by Gasteiger charge is 2.39. The first-order valence-electron chi connectivity index (χ1n) is 8.21. The van der Waals surface area contributed by atoms with Crippen LogP contribution in [-0.2, 0) is 4.74 Å². The number of hydrogen-bond donors (Lipinski definition) is 0. The van der Waals surface area contributed by atoms with E-state index in [9.17, 15) is 14.9 Å². The number of carbonyl (C=O) groups is 1. The molecule has 0 aliphatic carbocycles. The molecule has 0 saturated heterocycles. The lowest BCUT2D eigenvalue weighted by Gasteiger charge is -2.23. The topological polar surface area (TPSA) is 85.2 Å². The van der Waals surface area contributed by atoms with Gasteiger partial charge in [0.25, 0.3) is 5.69 Å². The van der Waals surface area contributed by atoms with Gasteiger partial charge >= 0.3 is 6.09 Å². The van der Waals surface area contributed by atoms with E-state index >= 15 is 0 Å². The Morgan fingerprint density at radius 3 is 2.63 bits per heavy atom. The Morgan fingerprint density at radius 1 is 1.19 bits per heavy atom. The number of nitro benzene ring substituents is 1. The fourth-order valence-corrected chi connectivity index (χ4v) is 4.06. The van der Waals surface area contributed by atoms with Crippen molar-refractivity contribution in [3.63, 3.8) is 0 Å². The maximum Gasteiger partial charge on any atom is 0.416 e. The summed E-state index contributed by atoms with van der Waals surface area (Å²) in [6.07, 6.45) is 3.14. The van der Waals surface area contributed by atoms with Crippen LogP contribution in [0.3, 0.4) is 0 Å². The van der Waals surface area contributed by atoms with Crippen LogP contribution in [0.2, 0.25) is 0 Å². The third-order valence-electron chi connectivity index (χ3n) is 4.07. The molecule has 0 bridgehead atoms. The summed E-state index contributed by atoms with van der Waals surface area (Å²) in [7, 11) is 0. The summed E-state index contributed by atoms with van der Waals surface area (Å²) < 4.78 is 10.9. The van der Waals surface area contributed by atoms with E-state index in [4.69, 9.17) is 9.47 Å². The number of carbonyl (C=O) groups excluding carboxylic acids is 1. The number of amides is 1. The molecular weight excluding hydrogens is 370 g/mol. The molecule has 1 amide bonds. The number of ether oxygens (including phenoxy) is 2. The van der Waals surface area contributed by atoms with Gasteiger partial charge in [0.1, 0.15) is 11.5 Å². The fourth-order valence-electron chi connectivity index (χ4n) is 2.83. The van der Waals surface area contributed by atoms with Gasteiger partial charge in [-0.25, -0.2) is 4.79 Å². The molecule has 2 aliphatic rings. The predicted molar refractivity (Wildman–Crippen MR) is 99.7 cm³/mol. The van der Waals surface area contributed by atoms with E-state index in [0.717, 1.165) is 10.6 Å². The second-order valence-electron chi connectivity index (χ2n) is 5.74. The Balaban J connectivity index is 1.52. The highest BCUT2D eigenvalue weighted by atomic mass is 32.2. The number of non-ortho nitro benzene ring substituents is 1. The Labute approximate surface area is 159 Å². The molecule has 138 valence electrons. The SMILES string of the molecule is CCOC(=O)N1C=CN2c3cc(Oc4ccc([N+](=O)[O-])cc4)ccc3SC12. The molecule has 2 aliphatic heterocycles. The van der Waals surface area contributed by atoms with E-state index in [0.29, 0.717) is 18.1 Å². The normalized spacial score (nSPS) is 16.9. The number of thioether (sulfide) groups is 1. The van der Waals surface area contributed by atoms with Crippen molar-refractivity contribution in [3.8, 4) is 11.5 Å². The van der Waals surface area contributed by atoms with E-state index in [1.165, 1.54) is 12.1 Å². The second kappa shape index (κ2) is 6.84. The van der Waals surface area contributed by atoms with Crippen molar-refractivity contribution in [3.05, 3.63) is 65.0 Å². The minimum atomic E-state index is -0.453. The number of benzene rings is 2. The van der Waals surface area contributed by atoms with E-state index in [2.05, 4.69) is 0 Å². The molecule has 9 heteroatoms. The van der Waals surface area contributed by atoms with Crippen LogP contribution in [-0.4, -0.2) is 28.0 Å². The van der Waals surface area contributed by atoms with Crippen LogP contribution in [0.15, 0.2) is 59.8 Å². The molecule has 0 spiro atoms. The standard InChI is InChI=1S/C18H15N3O5S/c1-2-25-18(22)20-10-9-19-15-11-14(7-8-16(15)27-17(19)20)26-13-5-3-12(4-6-13)21(23)24/h3-11,17H,2H2,1H3. The summed E-state index contributed by atoms with van der Waals surface area (Å²) in [6, 6.07) is 11.5. The largest absolute Gasteiger partial charge is 0.457 e. The van der Waals surface area contributed by atoms with E-state index in [-0.39, 0.29) is 17.3 Å². The summed E-state index contributed by atoms with van der Waals surface area (Å²) in [5, 5.41) is 10.7. The first kappa shape index (κ1) is 17.2. The second-order valence-corrected chi connectivity index (χ2v) is 6.84. The summed E-state index contributed by atoms with van der Waals surface area (Å²) >= 11 is 1.55. The van der Waals surface area contributed by atoms with Gasteiger partial charge in [0.2, 0.25) is 0 Å². The van der Waals surface area contributed by atoms with Crippen molar-refractivity contribution >= 4 is 29.2 Å². The van der Waals surface area contributed by atoms with Gasteiger partial charge in [-0.3, -0.25) is 15.0 Å². The molecule has 1 atom stereocenters. The Bertz CT molecular complexity index is 931. The van der Waals surface area contributed by atoms with Gasteiger partial charge in [-0.05, 0) is 31.2 Å². The Morgan fingerprint density at radius 2 is 1.93 bits per heavy atom. The first-order valence-corrected chi connectivity index (χ1v) is 9.09. The molecule has 2 heterocycles. The predicted octanol–water partition coefficient (Wildman–Crippen LogP) is 4.53. The van der Waals surface area contributed by atoms with Gasteiger partial charge in [0.15, 0.2) is 5.50 Å². The average Bonchev–Trinajstić information content (AvgIpc) is 3.21. The van der Waals surface area contributed by atoms with Gasteiger partial charge in [-0.2, -0.15) is 0 Å². The zero-order valence-corrected chi connectivity index (χ0v) is 15.1. The Kier molecular flexibility index (Phi) is 4.36. The number of nitrogens with zero attached hydrogens (tertiary/aromatic N) is 3. The molecule has 8 nitrogen and oxygen atoms in total. The minimum Gasteiger partial charge on any atom is -0.457 e. The third kappa shape index (κ3) is 3.17. The summed E-state index contributed by atoms with van der Waals surface area (Å²) in [4.78, 5) is 26.9. The van der Waals surface area contributed by atoms with Crippen LogP contribution in [0, 0.1) is 10.1 Å². The van der Waals surface area contributed by atoms with Gasteiger partial charge in [-0.1, -0.05) is 11.8 Å². The van der Waals surface area contributed by atoms with Crippen LogP contribution < -0.4 is 9.64 Å². The molecule has 0 saturated carbocycles. The van der Waals surface area contributed by atoms with Gasteiger partial charge in [-0.15, -0.1) is 0 Å². The quantitative estimate of drug-likeness (QED) is 0.565. The highest BCUT2D eigenvalue weighted by Crippen LogP contribution is 2.48. The van der Waals surface area contributed by atoms with Crippen molar-refractivity contribution in [2.24, 2.45) is 0 Å². The Hall–Kier alpha value is -3.20. The molecule has 2 aromatic rings. The van der Waals surface area contributed by atoms with Gasteiger partial charge in [0.05, 0.1) is 17.2 Å². The van der Waals surface area contributed by atoms with Crippen molar-refractivity contribution in [2.45, 2.75) is 17.3 Å². The number of hydrogen-bond acceptors (Lipinski definition) is 7. The van der Waals surface area contributed by atoms with Crippen molar-refractivity contribution in [1.29, 1.82) is 0 Å². The third-order valence-corrected chi connectivity index (χ3v) is 5.33. The van der Waals surface area contributed by atoms with Crippen LogP contribution in [0.4, 0.5) is 16.2 Å². The molecule has 4 rings (SSSR count). The number of rotatable bonds is 4. The lowest BCUT2D eigenvalue weighted by atomic mass is 10.2. The summed E-state index contributed by atoms with van der Waals surface area (Å²) in [5.74, 6) is 1.11. The fraction of sp³-hybridized carbons (Fsp3) is 0.167. The van der Waals surface area contributed by atoms with Gasteiger partial charge in [0, 0.05) is 35.5 Å². The van der Waals surface area contributed by atoms with Crippen LogP contribution >= 0.6 is 11.8 Å². The lowest BCUT2D eigenvalue weighted by molar-refractivity contribution is -0.384. The summed E-state index contributed by atoms with van der Waals surface area (Å²) in [5.41, 5.74) is 0.720. The molecule has 27 heavy (non-hydrogen) atoms. The van der Waals surface area contributed by atoms with Crippen LogP contribution in [0.1, 0.15) is 6.92 Å². The zero-order valence-electron chi connectivity index (χ0n) is 14.3. The number of anilines is 1. The molecule has 0 fully saturated rings. The van der Waals surface area contributed by atoms with Crippen LogP contribution in [0.25, 0.3) is 0 Å². The maximum absolute atomic E-state index is 12.1. The smallest absolute Gasteiger partial charge is 0.416 e. The van der Waals surface area contributed by atoms with Crippen molar-refractivity contribution in [2.75, 3.05) is 11.5 Å². The monoisotopic (exact) mass is 385 g/mol. The van der Waals surface area contributed by atoms with Crippen molar-refractivity contribution in [1.82, 2.24) is 4.90 Å². The highest BCUT2D eigenvalue weighted by molar-refractivity contribution is 8.00. The first-order chi connectivity index (χ1) is 13.1. The molecular formula is C18H15N3O5S. The maximum atomic E-state index is 12.1. The van der Waals surface area contributed by atoms with Crippen LogP contribution in [0.5, 0.6) is 11.5 Å². The average molecular weight is 385 g/mol. The van der Waals surface area contributed by atoms with E-state index in [1.807, 2.05) is 29.3 Å². The number of fused-ring (bicyclic) bond motifs is 3. The lowest BCUT2D eigenvalue weighted by Crippen LogP contribution is -2.37. The summed E-state index contributed by atoms with van der Waals surface area (Å²) in [6.45, 7) is 2.09. The van der Waals surface area contributed by atoms with Crippen molar-refractivity contribution < 1.29 is 19.2 Å². The molecule has 0 radical (unpaired) electrons. The molecule has 0 aromatic heterocycles. The van der Waals surface area contributed by atoms with E-state index in [1.54, 1.807) is 41.9 Å².